The Morgan fingerprint density at radius 3 is 2.38 bits per heavy atom. The molecule has 1 heterocycles. The third kappa shape index (κ3) is 2.41. The van der Waals surface area contributed by atoms with Crippen LogP contribution in [0.3, 0.4) is 0 Å². The van der Waals surface area contributed by atoms with Crippen LogP contribution >= 0.6 is 11.3 Å². The summed E-state index contributed by atoms with van der Waals surface area (Å²) in [5.74, 6) is 0.250. The molecule has 13 heavy (non-hydrogen) atoms. The molecule has 72 valence electrons. The van der Waals surface area contributed by atoms with Crippen LogP contribution in [-0.4, -0.2) is 5.78 Å². The summed E-state index contributed by atoms with van der Waals surface area (Å²) in [6.45, 7) is 8.40. The first-order valence-corrected chi connectivity index (χ1v) is 5.40. The van der Waals surface area contributed by atoms with E-state index in [0.717, 1.165) is 4.88 Å². The highest BCUT2D eigenvalue weighted by Gasteiger charge is 2.17. The summed E-state index contributed by atoms with van der Waals surface area (Å²) in [7, 11) is 0. The molecule has 0 saturated carbocycles. The lowest BCUT2D eigenvalue weighted by molar-refractivity contribution is 0.0992. The summed E-state index contributed by atoms with van der Waals surface area (Å²) in [6.07, 6.45) is 0.601. The highest BCUT2D eigenvalue weighted by molar-refractivity contribution is 7.14. The van der Waals surface area contributed by atoms with Gasteiger partial charge in [-0.3, -0.25) is 4.79 Å². The number of Topliss-reactive ketones (excluding diaryl/α,β-unsaturated/α-hetero) is 1. The number of carbonyl (C=O) groups excluding carboxylic acids is 1. The van der Waals surface area contributed by atoms with Gasteiger partial charge in [0.25, 0.3) is 0 Å². The number of rotatable bonds is 2. The topological polar surface area (TPSA) is 17.1 Å². The van der Waals surface area contributed by atoms with Crippen molar-refractivity contribution in [3.05, 3.63) is 21.9 Å². The monoisotopic (exact) mass is 196 g/mol. The molecule has 0 spiro atoms. The van der Waals surface area contributed by atoms with Crippen LogP contribution in [0.5, 0.6) is 0 Å². The second kappa shape index (κ2) is 3.62. The van der Waals surface area contributed by atoms with Crippen molar-refractivity contribution in [3.8, 4) is 0 Å². The molecule has 2 heteroatoms. The lowest BCUT2D eigenvalue weighted by atomic mass is 9.95. The van der Waals surface area contributed by atoms with Crippen LogP contribution < -0.4 is 0 Å². The molecule has 1 nitrogen and oxygen atoms in total. The molecule has 0 unspecified atom stereocenters. The van der Waals surface area contributed by atoms with Crippen molar-refractivity contribution in [3.63, 3.8) is 0 Å². The zero-order valence-corrected chi connectivity index (χ0v) is 9.49. The van der Waals surface area contributed by atoms with E-state index in [1.807, 2.05) is 13.0 Å². The van der Waals surface area contributed by atoms with Crippen molar-refractivity contribution in [2.45, 2.75) is 39.5 Å². The zero-order valence-electron chi connectivity index (χ0n) is 8.68. The lowest BCUT2D eigenvalue weighted by Gasteiger charge is -2.15. The second-order valence-electron chi connectivity index (χ2n) is 4.19. The van der Waals surface area contributed by atoms with Crippen molar-refractivity contribution in [2.24, 2.45) is 0 Å². The number of thiophene rings is 1. The normalized spacial score (nSPS) is 11.7. The average Bonchev–Trinajstić information content (AvgIpc) is 2.50. The highest BCUT2D eigenvalue weighted by Crippen LogP contribution is 2.29. The molecule has 1 aromatic heterocycles. The first-order chi connectivity index (χ1) is 5.95. The standard InChI is InChI=1S/C11H16OS/c1-5-8(12)9-6-7-10(13-9)11(2,3)4/h6-7H,5H2,1-4H3. The minimum atomic E-state index is 0.164. The van der Waals surface area contributed by atoms with E-state index >= 15 is 0 Å². The van der Waals surface area contributed by atoms with Crippen molar-refractivity contribution < 1.29 is 4.79 Å². The smallest absolute Gasteiger partial charge is 0.172 e. The van der Waals surface area contributed by atoms with Gasteiger partial charge in [-0.1, -0.05) is 27.7 Å². The molecule has 0 radical (unpaired) electrons. The molecular formula is C11H16OS. The van der Waals surface area contributed by atoms with Gasteiger partial charge in [0.1, 0.15) is 0 Å². The predicted molar refractivity (Wildman–Crippen MR) is 57.6 cm³/mol. The molecule has 0 atom stereocenters. The van der Waals surface area contributed by atoms with Gasteiger partial charge in [0.2, 0.25) is 0 Å². The van der Waals surface area contributed by atoms with Gasteiger partial charge < -0.3 is 0 Å². The summed E-state index contributed by atoms with van der Waals surface area (Å²) in [6, 6.07) is 4.00. The van der Waals surface area contributed by atoms with Crippen LogP contribution in [-0.2, 0) is 5.41 Å². The van der Waals surface area contributed by atoms with E-state index in [2.05, 4.69) is 26.8 Å². The second-order valence-corrected chi connectivity index (χ2v) is 5.27. The number of hydrogen-bond donors (Lipinski definition) is 0. The summed E-state index contributed by atoms with van der Waals surface area (Å²) < 4.78 is 0. The van der Waals surface area contributed by atoms with E-state index in [9.17, 15) is 4.79 Å². The first kappa shape index (κ1) is 10.5. The minimum Gasteiger partial charge on any atom is -0.293 e. The SMILES string of the molecule is CCC(=O)c1ccc(C(C)(C)C)s1. The Morgan fingerprint density at radius 1 is 1.38 bits per heavy atom. The van der Waals surface area contributed by atoms with E-state index in [1.165, 1.54) is 4.88 Å². The van der Waals surface area contributed by atoms with Crippen LogP contribution in [0, 0.1) is 0 Å². The van der Waals surface area contributed by atoms with Crippen molar-refractivity contribution in [2.75, 3.05) is 0 Å². The zero-order chi connectivity index (χ0) is 10.1. The Morgan fingerprint density at radius 2 is 2.00 bits per heavy atom. The molecule has 0 amide bonds. The Kier molecular flexibility index (Phi) is 2.91. The predicted octanol–water partition coefficient (Wildman–Crippen LogP) is 3.64. The Labute approximate surface area is 83.8 Å². The van der Waals surface area contributed by atoms with Gasteiger partial charge in [0.15, 0.2) is 5.78 Å². The molecule has 0 aliphatic carbocycles. The number of ketones is 1. The quantitative estimate of drug-likeness (QED) is 0.660. The Hall–Kier alpha value is -0.630. The van der Waals surface area contributed by atoms with E-state index < -0.39 is 0 Å². The highest BCUT2D eigenvalue weighted by atomic mass is 32.1. The van der Waals surface area contributed by atoms with E-state index in [0.29, 0.717) is 6.42 Å². The largest absolute Gasteiger partial charge is 0.293 e. The van der Waals surface area contributed by atoms with Crippen LogP contribution in [0.1, 0.15) is 48.7 Å². The van der Waals surface area contributed by atoms with Gasteiger partial charge in [-0.15, -0.1) is 11.3 Å². The molecule has 0 saturated heterocycles. The summed E-state index contributed by atoms with van der Waals surface area (Å²) in [4.78, 5) is 13.5. The molecule has 0 bridgehead atoms. The third-order valence-electron chi connectivity index (χ3n) is 1.94. The van der Waals surface area contributed by atoms with E-state index in [1.54, 1.807) is 11.3 Å². The van der Waals surface area contributed by atoms with Gasteiger partial charge in [-0.25, -0.2) is 0 Å². The van der Waals surface area contributed by atoms with Crippen LogP contribution in [0.15, 0.2) is 12.1 Å². The fourth-order valence-electron chi connectivity index (χ4n) is 1.07. The van der Waals surface area contributed by atoms with Gasteiger partial charge in [-0.2, -0.15) is 0 Å². The molecule has 0 aromatic carbocycles. The molecule has 0 N–H and O–H groups in total. The first-order valence-electron chi connectivity index (χ1n) is 4.58. The Bertz CT molecular complexity index is 304. The van der Waals surface area contributed by atoms with E-state index in [-0.39, 0.29) is 11.2 Å². The van der Waals surface area contributed by atoms with E-state index in [4.69, 9.17) is 0 Å². The summed E-state index contributed by atoms with van der Waals surface area (Å²) in [5.41, 5.74) is 0.164. The molecule has 0 fully saturated rings. The van der Waals surface area contributed by atoms with Crippen LogP contribution in [0.25, 0.3) is 0 Å². The number of carbonyl (C=O) groups is 1. The maximum atomic E-state index is 11.4. The summed E-state index contributed by atoms with van der Waals surface area (Å²) in [5, 5.41) is 0. The summed E-state index contributed by atoms with van der Waals surface area (Å²) >= 11 is 1.62. The third-order valence-corrected chi connectivity index (χ3v) is 3.49. The van der Waals surface area contributed by atoms with Gasteiger partial charge in [0.05, 0.1) is 4.88 Å². The van der Waals surface area contributed by atoms with Gasteiger partial charge in [0, 0.05) is 11.3 Å². The molecule has 0 aliphatic rings. The fourth-order valence-corrected chi connectivity index (χ4v) is 2.14. The molecule has 1 rings (SSSR count). The van der Waals surface area contributed by atoms with Crippen molar-refractivity contribution in [1.82, 2.24) is 0 Å². The van der Waals surface area contributed by atoms with Crippen molar-refractivity contribution >= 4 is 17.1 Å². The minimum absolute atomic E-state index is 0.164. The van der Waals surface area contributed by atoms with Crippen molar-refractivity contribution in [1.29, 1.82) is 0 Å². The Balaban J connectivity index is 2.93. The lowest BCUT2D eigenvalue weighted by Crippen LogP contribution is -2.07. The molecular weight excluding hydrogens is 180 g/mol. The maximum absolute atomic E-state index is 11.4. The maximum Gasteiger partial charge on any atom is 0.172 e. The van der Waals surface area contributed by atoms with Gasteiger partial charge >= 0.3 is 0 Å². The fraction of sp³-hybridized carbons (Fsp3) is 0.545. The van der Waals surface area contributed by atoms with Crippen LogP contribution in [0.4, 0.5) is 0 Å². The molecule has 0 aliphatic heterocycles. The average molecular weight is 196 g/mol. The van der Waals surface area contributed by atoms with Gasteiger partial charge in [-0.05, 0) is 17.5 Å². The van der Waals surface area contributed by atoms with Crippen LogP contribution in [0.2, 0.25) is 0 Å². The number of hydrogen-bond acceptors (Lipinski definition) is 2. The molecule has 1 aromatic rings.